The van der Waals surface area contributed by atoms with E-state index in [0.717, 1.165) is 0 Å². The standard InChI is InChI=1S/C9H18N2O3S/c1-5(2)3-7(9(13)14)11-8(12)6(10)4-15/h5-7,15H,3-4,10H2,1-2H3,(H,11,12)(H,13,14)/t6?,7-/m0/s1. The van der Waals surface area contributed by atoms with Crippen molar-refractivity contribution >= 4 is 24.5 Å². The van der Waals surface area contributed by atoms with Gasteiger partial charge in [-0.2, -0.15) is 12.6 Å². The van der Waals surface area contributed by atoms with Gasteiger partial charge in [-0.05, 0) is 12.3 Å². The lowest BCUT2D eigenvalue weighted by atomic mass is 10.0. The smallest absolute Gasteiger partial charge is 0.326 e. The Labute approximate surface area is 94.8 Å². The Bertz CT molecular complexity index is 233. The molecule has 5 nitrogen and oxygen atoms in total. The lowest BCUT2D eigenvalue weighted by Gasteiger charge is -2.18. The number of amides is 1. The van der Waals surface area contributed by atoms with Gasteiger partial charge in [0.05, 0.1) is 6.04 Å². The first kappa shape index (κ1) is 14.2. The first-order valence-electron chi connectivity index (χ1n) is 4.78. The largest absolute Gasteiger partial charge is 0.480 e. The van der Waals surface area contributed by atoms with Crippen molar-refractivity contribution in [3.05, 3.63) is 0 Å². The van der Waals surface area contributed by atoms with E-state index in [4.69, 9.17) is 10.8 Å². The zero-order valence-electron chi connectivity index (χ0n) is 8.93. The molecule has 88 valence electrons. The molecule has 0 aliphatic carbocycles. The molecule has 0 fully saturated rings. The number of carboxylic acid groups (broad SMARTS) is 1. The second kappa shape index (κ2) is 6.68. The van der Waals surface area contributed by atoms with Crippen molar-refractivity contribution in [3.63, 3.8) is 0 Å². The van der Waals surface area contributed by atoms with Crippen LogP contribution < -0.4 is 11.1 Å². The number of nitrogens with one attached hydrogen (secondary N) is 1. The number of thiol groups is 1. The normalized spacial score (nSPS) is 14.7. The van der Waals surface area contributed by atoms with Crippen LogP contribution in [-0.4, -0.2) is 34.8 Å². The molecular weight excluding hydrogens is 216 g/mol. The second-order valence-electron chi connectivity index (χ2n) is 3.82. The first-order chi connectivity index (χ1) is 6.88. The van der Waals surface area contributed by atoms with Crippen LogP contribution in [0, 0.1) is 5.92 Å². The second-order valence-corrected chi connectivity index (χ2v) is 4.18. The Morgan fingerprint density at radius 1 is 1.47 bits per heavy atom. The van der Waals surface area contributed by atoms with E-state index in [1.807, 2.05) is 13.8 Å². The van der Waals surface area contributed by atoms with E-state index in [1.54, 1.807) is 0 Å². The van der Waals surface area contributed by atoms with Crippen LogP contribution in [0.25, 0.3) is 0 Å². The van der Waals surface area contributed by atoms with Crippen LogP contribution in [-0.2, 0) is 9.59 Å². The van der Waals surface area contributed by atoms with Crippen LogP contribution in [0.2, 0.25) is 0 Å². The Kier molecular flexibility index (Phi) is 6.35. The van der Waals surface area contributed by atoms with Gasteiger partial charge in [-0.3, -0.25) is 4.79 Å². The predicted molar refractivity (Wildman–Crippen MR) is 60.8 cm³/mol. The van der Waals surface area contributed by atoms with E-state index in [2.05, 4.69) is 17.9 Å². The summed E-state index contributed by atoms with van der Waals surface area (Å²) in [5.74, 6) is -1.13. The highest BCUT2D eigenvalue weighted by Crippen LogP contribution is 2.05. The van der Waals surface area contributed by atoms with E-state index in [1.165, 1.54) is 0 Å². The number of hydrogen-bond acceptors (Lipinski definition) is 4. The van der Waals surface area contributed by atoms with Gasteiger partial charge in [-0.1, -0.05) is 13.8 Å². The average Bonchev–Trinajstić information content (AvgIpc) is 2.14. The van der Waals surface area contributed by atoms with Gasteiger partial charge in [0.2, 0.25) is 5.91 Å². The first-order valence-corrected chi connectivity index (χ1v) is 5.41. The van der Waals surface area contributed by atoms with Gasteiger partial charge in [-0.15, -0.1) is 0 Å². The molecule has 0 heterocycles. The number of hydrogen-bond donors (Lipinski definition) is 4. The predicted octanol–water partition coefficient (Wildman–Crippen LogP) is -0.141. The SMILES string of the molecule is CC(C)C[C@H](NC(=O)C(N)CS)C(=O)O. The minimum Gasteiger partial charge on any atom is -0.480 e. The minimum atomic E-state index is -1.04. The van der Waals surface area contributed by atoms with Crippen molar-refractivity contribution in [2.75, 3.05) is 5.75 Å². The summed E-state index contributed by atoms with van der Waals surface area (Å²) >= 11 is 3.87. The number of aliphatic carboxylic acids is 1. The average molecular weight is 234 g/mol. The summed E-state index contributed by atoms with van der Waals surface area (Å²) in [6.07, 6.45) is 0.389. The fourth-order valence-corrected chi connectivity index (χ4v) is 1.22. The fourth-order valence-electron chi connectivity index (χ4n) is 1.05. The van der Waals surface area contributed by atoms with Crippen molar-refractivity contribution < 1.29 is 14.7 Å². The van der Waals surface area contributed by atoms with Gasteiger partial charge in [0.25, 0.3) is 0 Å². The summed E-state index contributed by atoms with van der Waals surface area (Å²) in [6.45, 7) is 3.78. The molecular formula is C9H18N2O3S. The molecule has 0 rings (SSSR count). The number of nitrogens with two attached hydrogens (primary N) is 1. The van der Waals surface area contributed by atoms with Crippen molar-refractivity contribution in [1.29, 1.82) is 0 Å². The molecule has 0 aromatic rings. The quantitative estimate of drug-likeness (QED) is 0.481. The van der Waals surface area contributed by atoms with Gasteiger partial charge in [0.15, 0.2) is 0 Å². The lowest BCUT2D eigenvalue weighted by Crippen LogP contribution is -2.49. The van der Waals surface area contributed by atoms with Gasteiger partial charge < -0.3 is 16.2 Å². The lowest BCUT2D eigenvalue weighted by molar-refractivity contribution is -0.142. The molecule has 15 heavy (non-hydrogen) atoms. The number of carbonyl (C=O) groups excluding carboxylic acids is 1. The Morgan fingerprint density at radius 3 is 2.33 bits per heavy atom. The van der Waals surface area contributed by atoms with Gasteiger partial charge >= 0.3 is 5.97 Å². The Balaban J connectivity index is 4.29. The highest BCUT2D eigenvalue weighted by Gasteiger charge is 2.23. The van der Waals surface area contributed by atoms with Gasteiger partial charge in [-0.25, -0.2) is 4.79 Å². The molecule has 4 N–H and O–H groups in total. The van der Waals surface area contributed by atoms with Crippen LogP contribution in [0.3, 0.4) is 0 Å². The van der Waals surface area contributed by atoms with Crippen molar-refractivity contribution in [3.8, 4) is 0 Å². The van der Waals surface area contributed by atoms with E-state index in [0.29, 0.717) is 6.42 Å². The van der Waals surface area contributed by atoms with Crippen molar-refractivity contribution in [2.45, 2.75) is 32.4 Å². The molecule has 0 spiro atoms. The number of rotatable bonds is 6. The van der Waals surface area contributed by atoms with Gasteiger partial charge in [0, 0.05) is 5.75 Å². The van der Waals surface area contributed by atoms with Crippen LogP contribution in [0.5, 0.6) is 0 Å². The maximum Gasteiger partial charge on any atom is 0.326 e. The zero-order chi connectivity index (χ0) is 12.0. The van der Waals surface area contributed by atoms with E-state index >= 15 is 0 Å². The summed E-state index contributed by atoms with van der Waals surface area (Å²) in [6, 6.07) is -1.63. The van der Waals surface area contributed by atoms with Crippen LogP contribution in [0.4, 0.5) is 0 Å². The molecule has 0 saturated heterocycles. The number of carboxylic acids is 1. The third kappa shape index (κ3) is 5.64. The molecule has 6 heteroatoms. The van der Waals surface area contributed by atoms with Crippen LogP contribution in [0.15, 0.2) is 0 Å². The summed E-state index contributed by atoms with van der Waals surface area (Å²) in [4.78, 5) is 22.1. The summed E-state index contributed by atoms with van der Waals surface area (Å²) in [7, 11) is 0. The monoisotopic (exact) mass is 234 g/mol. The molecule has 1 amide bonds. The molecule has 0 aromatic heterocycles. The van der Waals surface area contributed by atoms with E-state index in [9.17, 15) is 9.59 Å². The summed E-state index contributed by atoms with van der Waals surface area (Å²) in [5, 5.41) is 11.2. The maximum absolute atomic E-state index is 11.3. The van der Waals surface area contributed by atoms with Crippen LogP contribution in [0.1, 0.15) is 20.3 Å². The molecule has 0 aromatic carbocycles. The van der Waals surface area contributed by atoms with Crippen LogP contribution >= 0.6 is 12.6 Å². The van der Waals surface area contributed by atoms with Crippen molar-refractivity contribution in [2.24, 2.45) is 11.7 Å². The topological polar surface area (TPSA) is 92.4 Å². The number of carbonyl (C=O) groups is 2. The molecule has 0 saturated carbocycles. The zero-order valence-corrected chi connectivity index (χ0v) is 9.83. The maximum atomic E-state index is 11.3. The summed E-state index contributed by atoms with van der Waals surface area (Å²) < 4.78 is 0. The molecule has 1 unspecified atom stereocenters. The molecule has 0 aliphatic rings. The van der Waals surface area contributed by atoms with Gasteiger partial charge in [0.1, 0.15) is 6.04 Å². The third-order valence-electron chi connectivity index (χ3n) is 1.86. The summed E-state index contributed by atoms with van der Waals surface area (Å²) in [5.41, 5.74) is 5.41. The van der Waals surface area contributed by atoms with Crippen molar-refractivity contribution in [1.82, 2.24) is 5.32 Å². The van der Waals surface area contributed by atoms with E-state index < -0.39 is 24.0 Å². The Hall–Kier alpha value is -0.750. The minimum absolute atomic E-state index is 0.193. The highest BCUT2D eigenvalue weighted by molar-refractivity contribution is 7.80. The molecule has 0 bridgehead atoms. The van der Waals surface area contributed by atoms with E-state index in [-0.39, 0.29) is 11.7 Å². The highest BCUT2D eigenvalue weighted by atomic mass is 32.1. The Morgan fingerprint density at radius 2 is 2.00 bits per heavy atom. The molecule has 0 aliphatic heterocycles. The fraction of sp³-hybridized carbons (Fsp3) is 0.778. The third-order valence-corrected chi connectivity index (χ3v) is 2.25. The molecule has 2 atom stereocenters. The molecule has 0 radical (unpaired) electrons.